The Labute approximate surface area is 162 Å². The molecule has 4 rings (SSSR count). The first-order valence-corrected chi connectivity index (χ1v) is 9.27. The first-order valence-electron chi connectivity index (χ1n) is 8.86. The van der Waals surface area contributed by atoms with Crippen LogP contribution in [0.5, 0.6) is 0 Å². The molecule has 1 aromatic heterocycles. The molecule has 2 fully saturated rings. The molecule has 0 aliphatic carbocycles. The summed E-state index contributed by atoms with van der Waals surface area (Å²) in [5.74, 6) is 0.236. The second kappa shape index (κ2) is 7.00. The third-order valence-electron chi connectivity index (χ3n) is 4.71. The lowest BCUT2D eigenvalue weighted by Crippen LogP contribution is -2.54. The monoisotopic (exact) mass is 381 g/mol. The Morgan fingerprint density at radius 2 is 1.78 bits per heavy atom. The minimum absolute atomic E-state index is 0.00787. The van der Waals surface area contributed by atoms with Gasteiger partial charge in [-0.3, -0.25) is 19.8 Å². The fourth-order valence-corrected chi connectivity index (χ4v) is 3.54. The molecule has 0 unspecified atom stereocenters. The van der Waals surface area contributed by atoms with E-state index in [2.05, 4.69) is 10.2 Å². The van der Waals surface area contributed by atoms with Crippen LogP contribution >= 0.6 is 12.2 Å². The molecule has 0 bridgehead atoms. The molecular weight excluding hydrogens is 362 g/mol. The van der Waals surface area contributed by atoms with Gasteiger partial charge in [-0.15, -0.1) is 0 Å². The number of aryl methyl sites for hydroxylation is 1. The molecule has 2 aromatic rings. The van der Waals surface area contributed by atoms with Crippen LogP contribution in [0.25, 0.3) is 6.08 Å². The summed E-state index contributed by atoms with van der Waals surface area (Å²) < 4.78 is 5.82. The molecule has 138 valence electrons. The molecule has 0 saturated carbocycles. The van der Waals surface area contributed by atoms with Crippen LogP contribution < -0.4 is 15.1 Å². The van der Waals surface area contributed by atoms with E-state index < -0.39 is 11.8 Å². The largest absolute Gasteiger partial charge is 0.441 e. The molecule has 0 atom stereocenters. The molecular formula is C20H19N3O3S. The van der Waals surface area contributed by atoms with E-state index in [9.17, 15) is 9.59 Å². The average Bonchev–Trinajstić information content (AvgIpc) is 3.31. The lowest BCUT2D eigenvalue weighted by molar-refractivity contribution is -0.122. The highest BCUT2D eigenvalue weighted by atomic mass is 32.1. The fourth-order valence-electron chi connectivity index (χ4n) is 3.26. The van der Waals surface area contributed by atoms with Crippen molar-refractivity contribution in [1.82, 2.24) is 5.32 Å². The summed E-state index contributed by atoms with van der Waals surface area (Å²) in [6, 6.07) is 11.0. The molecule has 7 heteroatoms. The number of furan rings is 1. The maximum Gasteiger partial charge on any atom is 0.270 e. The van der Waals surface area contributed by atoms with Crippen molar-refractivity contribution in [2.24, 2.45) is 0 Å². The van der Waals surface area contributed by atoms with Crippen molar-refractivity contribution in [2.45, 2.75) is 19.8 Å². The number of rotatable bonds is 3. The predicted octanol–water partition coefficient (Wildman–Crippen LogP) is 3.02. The average molecular weight is 381 g/mol. The quantitative estimate of drug-likeness (QED) is 0.503. The van der Waals surface area contributed by atoms with Crippen molar-refractivity contribution in [3.63, 3.8) is 0 Å². The Balaban J connectivity index is 1.64. The Morgan fingerprint density at radius 1 is 1.07 bits per heavy atom. The number of thiocarbonyl (C=S) groups is 1. The van der Waals surface area contributed by atoms with Gasteiger partial charge < -0.3 is 9.32 Å². The minimum atomic E-state index is -0.521. The highest BCUT2D eigenvalue weighted by Crippen LogP contribution is 2.26. The first kappa shape index (κ1) is 17.5. The standard InChI is InChI=1S/C20H19N3O3S/c1-13-4-6-14(7-5-13)23-19(25)16(18(24)21-20(23)27)12-15-8-9-17(26-15)22-10-2-3-11-22/h4-9,12H,2-3,10-11H2,1H3,(H,21,24,27). The van der Waals surface area contributed by atoms with E-state index in [1.807, 2.05) is 25.1 Å². The zero-order chi connectivity index (χ0) is 19.0. The molecule has 2 aliphatic heterocycles. The van der Waals surface area contributed by atoms with E-state index in [4.69, 9.17) is 16.6 Å². The molecule has 2 amide bonds. The Bertz CT molecular complexity index is 940. The van der Waals surface area contributed by atoms with Gasteiger partial charge >= 0.3 is 0 Å². The second-order valence-electron chi connectivity index (χ2n) is 6.66. The van der Waals surface area contributed by atoms with Gasteiger partial charge in [0.25, 0.3) is 11.8 Å². The van der Waals surface area contributed by atoms with Crippen LogP contribution in [0.2, 0.25) is 0 Å². The zero-order valence-electron chi connectivity index (χ0n) is 14.9. The smallest absolute Gasteiger partial charge is 0.270 e. The SMILES string of the molecule is Cc1ccc(N2C(=O)C(=Cc3ccc(N4CCCC4)o3)C(=O)NC2=S)cc1. The number of carbonyl (C=O) groups is 2. The van der Waals surface area contributed by atoms with Crippen molar-refractivity contribution in [3.8, 4) is 0 Å². The number of benzene rings is 1. The molecule has 2 saturated heterocycles. The summed E-state index contributed by atoms with van der Waals surface area (Å²) in [4.78, 5) is 28.8. The van der Waals surface area contributed by atoms with E-state index in [0.29, 0.717) is 11.4 Å². The lowest BCUT2D eigenvalue weighted by atomic mass is 10.1. The van der Waals surface area contributed by atoms with Crippen LogP contribution in [0.15, 0.2) is 46.4 Å². The zero-order valence-corrected chi connectivity index (χ0v) is 15.7. The van der Waals surface area contributed by atoms with Crippen molar-refractivity contribution in [3.05, 3.63) is 53.3 Å². The molecule has 27 heavy (non-hydrogen) atoms. The Hall–Kier alpha value is -2.93. The molecule has 2 aliphatic rings. The van der Waals surface area contributed by atoms with Gasteiger partial charge in [-0.25, -0.2) is 0 Å². The van der Waals surface area contributed by atoms with Gasteiger partial charge in [0.15, 0.2) is 11.0 Å². The van der Waals surface area contributed by atoms with Gasteiger partial charge in [-0.2, -0.15) is 0 Å². The van der Waals surface area contributed by atoms with Crippen LogP contribution in [0.4, 0.5) is 11.6 Å². The van der Waals surface area contributed by atoms with Crippen molar-refractivity contribution >= 4 is 46.8 Å². The number of carbonyl (C=O) groups excluding carboxylic acids is 2. The van der Waals surface area contributed by atoms with Crippen LogP contribution in [-0.4, -0.2) is 30.0 Å². The topological polar surface area (TPSA) is 65.8 Å². The molecule has 1 N–H and O–H groups in total. The van der Waals surface area contributed by atoms with Crippen molar-refractivity contribution in [1.29, 1.82) is 0 Å². The fraction of sp³-hybridized carbons (Fsp3) is 0.250. The van der Waals surface area contributed by atoms with Gasteiger partial charge in [-0.1, -0.05) is 17.7 Å². The van der Waals surface area contributed by atoms with Crippen LogP contribution in [0.3, 0.4) is 0 Å². The number of amides is 2. The number of anilines is 2. The summed E-state index contributed by atoms with van der Waals surface area (Å²) in [7, 11) is 0. The van der Waals surface area contributed by atoms with Crippen LogP contribution in [-0.2, 0) is 9.59 Å². The van der Waals surface area contributed by atoms with E-state index >= 15 is 0 Å². The lowest BCUT2D eigenvalue weighted by Gasteiger charge is -2.28. The second-order valence-corrected chi connectivity index (χ2v) is 7.05. The maximum absolute atomic E-state index is 13.0. The van der Waals surface area contributed by atoms with Gasteiger partial charge in [-0.05, 0) is 56.3 Å². The van der Waals surface area contributed by atoms with E-state index in [1.165, 1.54) is 11.0 Å². The van der Waals surface area contributed by atoms with E-state index in [1.54, 1.807) is 18.2 Å². The number of nitrogens with one attached hydrogen (secondary N) is 1. The maximum atomic E-state index is 13.0. The molecule has 0 radical (unpaired) electrons. The third kappa shape index (κ3) is 3.38. The summed E-state index contributed by atoms with van der Waals surface area (Å²) in [5, 5.41) is 2.65. The van der Waals surface area contributed by atoms with Crippen LogP contribution in [0.1, 0.15) is 24.2 Å². The van der Waals surface area contributed by atoms with Crippen LogP contribution in [0, 0.1) is 6.92 Å². The minimum Gasteiger partial charge on any atom is -0.441 e. The Kier molecular flexibility index (Phi) is 4.53. The van der Waals surface area contributed by atoms with Gasteiger partial charge in [0, 0.05) is 19.2 Å². The summed E-state index contributed by atoms with van der Waals surface area (Å²) in [6.45, 7) is 3.87. The predicted molar refractivity (Wildman–Crippen MR) is 108 cm³/mol. The number of hydrogen-bond acceptors (Lipinski definition) is 5. The van der Waals surface area contributed by atoms with Gasteiger partial charge in [0.1, 0.15) is 11.3 Å². The molecule has 0 spiro atoms. The normalized spacial score (nSPS) is 19.1. The van der Waals surface area contributed by atoms with Gasteiger partial charge in [0.05, 0.1) is 5.69 Å². The molecule has 6 nitrogen and oxygen atoms in total. The van der Waals surface area contributed by atoms with E-state index in [0.717, 1.165) is 37.4 Å². The third-order valence-corrected chi connectivity index (χ3v) is 5.00. The van der Waals surface area contributed by atoms with Crippen molar-refractivity contribution < 1.29 is 14.0 Å². The number of nitrogens with zero attached hydrogens (tertiary/aromatic N) is 2. The first-order chi connectivity index (χ1) is 13.0. The Morgan fingerprint density at radius 3 is 2.48 bits per heavy atom. The van der Waals surface area contributed by atoms with Crippen molar-refractivity contribution in [2.75, 3.05) is 22.9 Å². The summed E-state index contributed by atoms with van der Waals surface area (Å²) >= 11 is 5.21. The van der Waals surface area contributed by atoms with Gasteiger partial charge in [0.2, 0.25) is 0 Å². The molecule has 1 aromatic carbocycles. The summed E-state index contributed by atoms with van der Waals surface area (Å²) in [5.41, 5.74) is 1.67. The molecule has 3 heterocycles. The number of hydrogen-bond donors (Lipinski definition) is 1. The highest BCUT2D eigenvalue weighted by molar-refractivity contribution is 7.80. The highest BCUT2D eigenvalue weighted by Gasteiger charge is 2.34. The van der Waals surface area contributed by atoms with E-state index in [-0.39, 0.29) is 10.7 Å². The summed E-state index contributed by atoms with van der Waals surface area (Å²) in [6.07, 6.45) is 3.75.